The minimum atomic E-state index is 0.265. The summed E-state index contributed by atoms with van der Waals surface area (Å²) in [4.78, 5) is 7.93. The van der Waals surface area contributed by atoms with Gasteiger partial charge in [0.25, 0.3) is 0 Å². The van der Waals surface area contributed by atoms with Crippen LogP contribution in [0.2, 0.25) is 10.3 Å². The molecule has 0 unspecified atom stereocenters. The standard InChI is InChI=1S/C7H7ClN2OS.C7H5ClN2O/c1-11-6-3-4(7(9)12)2-5(8)10-6;1-11-7-3-5(4-9)2-6(8)10-7/h2-3H,1H3,(H2,9,12);2-3H,1H3. The normalized spacial score (nSPS) is 9.17. The number of hydrogen-bond acceptors (Lipinski definition) is 6. The monoisotopic (exact) mass is 370 g/mol. The number of nitrogens with two attached hydrogens (primary N) is 1. The summed E-state index contributed by atoms with van der Waals surface area (Å²) in [5.41, 5.74) is 6.50. The van der Waals surface area contributed by atoms with Gasteiger partial charge in [-0.25, -0.2) is 9.97 Å². The summed E-state index contributed by atoms with van der Waals surface area (Å²) in [5, 5.41) is 9.07. The van der Waals surface area contributed by atoms with Crippen LogP contribution in [0.4, 0.5) is 0 Å². The van der Waals surface area contributed by atoms with Crippen LogP contribution in [0, 0.1) is 11.3 Å². The van der Waals surface area contributed by atoms with E-state index in [2.05, 4.69) is 9.97 Å². The third kappa shape index (κ3) is 6.24. The van der Waals surface area contributed by atoms with Crippen LogP contribution in [0.3, 0.4) is 0 Å². The number of pyridine rings is 2. The first-order valence-electron chi connectivity index (χ1n) is 6.02. The molecule has 23 heavy (non-hydrogen) atoms. The van der Waals surface area contributed by atoms with Crippen LogP contribution >= 0.6 is 35.4 Å². The number of ether oxygens (including phenoxy) is 2. The second kappa shape index (κ2) is 9.10. The lowest BCUT2D eigenvalue weighted by molar-refractivity contribution is 0.397. The summed E-state index contributed by atoms with van der Waals surface area (Å²) in [6, 6.07) is 8.16. The molecule has 0 radical (unpaired) electrons. The lowest BCUT2D eigenvalue weighted by Gasteiger charge is -2.02. The molecule has 0 aliphatic heterocycles. The molecule has 9 heteroatoms. The van der Waals surface area contributed by atoms with Crippen molar-refractivity contribution in [1.82, 2.24) is 9.97 Å². The molecule has 0 saturated carbocycles. The van der Waals surface area contributed by atoms with E-state index in [-0.39, 0.29) is 10.1 Å². The minimum Gasteiger partial charge on any atom is -0.481 e. The van der Waals surface area contributed by atoms with Gasteiger partial charge >= 0.3 is 0 Å². The Hall–Kier alpha value is -2.14. The van der Waals surface area contributed by atoms with Crippen molar-refractivity contribution in [1.29, 1.82) is 5.26 Å². The molecule has 2 rings (SSSR count). The highest BCUT2D eigenvalue weighted by Crippen LogP contribution is 2.16. The molecule has 0 fully saturated rings. The van der Waals surface area contributed by atoms with E-state index in [0.29, 0.717) is 28.0 Å². The number of thiocarbonyl (C=S) groups is 1. The maximum atomic E-state index is 8.49. The Morgan fingerprint density at radius 1 is 1.09 bits per heavy atom. The molecule has 0 saturated heterocycles. The van der Waals surface area contributed by atoms with Crippen molar-refractivity contribution >= 4 is 40.4 Å². The highest BCUT2D eigenvalue weighted by Gasteiger charge is 2.02. The zero-order chi connectivity index (χ0) is 17.4. The average Bonchev–Trinajstić information content (AvgIpc) is 2.54. The van der Waals surface area contributed by atoms with Gasteiger partial charge in [-0.2, -0.15) is 5.26 Å². The van der Waals surface area contributed by atoms with E-state index in [1.54, 1.807) is 12.1 Å². The molecule has 0 atom stereocenters. The van der Waals surface area contributed by atoms with Gasteiger partial charge in [-0.15, -0.1) is 0 Å². The van der Waals surface area contributed by atoms with Gasteiger partial charge in [0, 0.05) is 17.7 Å². The average molecular weight is 371 g/mol. The molecule has 0 aliphatic carbocycles. The second-order valence-corrected chi connectivity index (χ2v) is 5.13. The van der Waals surface area contributed by atoms with E-state index >= 15 is 0 Å². The van der Waals surface area contributed by atoms with Crippen LogP contribution in [0.5, 0.6) is 11.8 Å². The molecular weight excluding hydrogens is 359 g/mol. The Labute approximate surface area is 148 Å². The smallest absolute Gasteiger partial charge is 0.215 e. The Kier molecular flexibility index (Phi) is 7.48. The molecule has 0 bridgehead atoms. The highest BCUT2D eigenvalue weighted by molar-refractivity contribution is 7.80. The van der Waals surface area contributed by atoms with Crippen molar-refractivity contribution in [2.24, 2.45) is 5.73 Å². The molecule has 2 aromatic heterocycles. The highest BCUT2D eigenvalue weighted by atomic mass is 35.5. The van der Waals surface area contributed by atoms with Crippen molar-refractivity contribution in [3.63, 3.8) is 0 Å². The maximum absolute atomic E-state index is 8.49. The number of nitriles is 1. The van der Waals surface area contributed by atoms with Crippen LogP contribution in [-0.4, -0.2) is 29.2 Å². The van der Waals surface area contributed by atoms with E-state index < -0.39 is 0 Å². The fraction of sp³-hybridized carbons (Fsp3) is 0.143. The first-order chi connectivity index (χ1) is 10.9. The second-order valence-electron chi connectivity index (χ2n) is 3.92. The van der Waals surface area contributed by atoms with Crippen LogP contribution in [0.1, 0.15) is 11.1 Å². The Morgan fingerprint density at radius 3 is 2.09 bits per heavy atom. The zero-order valence-electron chi connectivity index (χ0n) is 12.2. The molecule has 6 nitrogen and oxygen atoms in total. The van der Waals surface area contributed by atoms with Gasteiger partial charge in [0.1, 0.15) is 15.3 Å². The Bertz CT molecular complexity index is 750. The molecule has 0 spiro atoms. The number of hydrogen-bond donors (Lipinski definition) is 1. The molecule has 0 aromatic carbocycles. The third-order valence-corrected chi connectivity index (χ3v) is 3.00. The predicted molar refractivity (Wildman–Crippen MR) is 92.2 cm³/mol. The molecule has 0 amide bonds. The number of rotatable bonds is 3. The summed E-state index contributed by atoms with van der Waals surface area (Å²) in [7, 11) is 2.97. The SMILES string of the molecule is COc1cc(C#N)cc(Cl)n1.COc1cc(C(N)=S)cc(Cl)n1. The van der Waals surface area contributed by atoms with Crippen molar-refractivity contribution in [3.8, 4) is 17.8 Å². The lowest BCUT2D eigenvalue weighted by atomic mass is 10.3. The number of nitrogens with zero attached hydrogens (tertiary/aromatic N) is 3. The van der Waals surface area contributed by atoms with Crippen LogP contribution in [-0.2, 0) is 0 Å². The van der Waals surface area contributed by atoms with Gasteiger partial charge in [-0.3, -0.25) is 0 Å². The summed E-state index contributed by atoms with van der Waals surface area (Å²) in [6.45, 7) is 0. The Morgan fingerprint density at radius 2 is 1.61 bits per heavy atom. The maximum Gasteiger partial charge on any atom is 0.215 e. The fourth-order valence-corrected chi connectivity index (χ4v) is 1.88. The van der Waals surface area contributed by atoms with Crippen LogP contribution in [0.25, 0.3) is 0 Å². The number of methoxy groups -OCH3 is 2. The van der Waals surface area contributed by atoms with Crippen LogP contribution < -0.4 is 15.2 Å². The third-order valence-electron chi connectivity index (χ3n) is 2.37. The predicted octanol–water partition coefficient (Wildman–Crippen LogP) is 2.99. The van der Waals surface area contributed by atoms with Crippen molar-refractivity contribution in [2.45, 2.75) is 0 Å². The first-order valence-corrected chi connectivity index (χ1v) is 7.19. The summed E-state index contributed by atoms with van der Waals surface area (Å²) >= 11 is 16.0. The molecule has 2 N–H and O–H groups in total. The first kappa shape index (κ1) is 18.9. The van der Waals surface area contributed by atoms with Crippen molar-refractivity contribution in [3.05, 3.63) is 45.7 Å². The van der Waals surface area contributed by atoms with E-state index in [9.17, 15) is 0 Å². The van der Waals surface area contributed by atoms with E-state index in [1.807, 2.05) is 6.07 Å². The van der Waals surface area contributed by atoms with Crippen molar-refractivity contribution in [2.75, 3.05) is 14.2 Å². The van der Waals surface area contributed by atoms with Gasteiger partial charge in [0.05, 0.1) is 25.9 Å². The molecular formula is C14H12Cl2N4O2S. The fourth-order valence-electron chi connectivity index (χ4n) is 1.36. The van der Waals surface area contributed by atoms with Gasteiger partial charge < -0.3 is 15.2 Å². The molecule has 2 heterocycles. The van der Waals surface area contributed by atoms with E-state index in [0.717, 1.165) is 0 Å². The topological polar surface area (TPSA) is 94.0 Å². The van der Waals surface area contributed by atoms with E-state index in [1.165, 1.54) is 26.4 Å². The Balaban J connectivity index is 0.000000231. The van der Waals surface area contributed by atoms with E-state index in [4.69, 9.17) is 55.9 Å². The minimum absolute atomic E-state index is 0.265. The number of halogens is 2. The van der Waals surface area contributed by atoms with Crippen LogP contribution in [0.15, 0.2) is 24.3 Å². The summed E-state index contributed by atoms with van der Waals surface area (Å²) < 4.78 is 9.67. The van der Waals surface area contributed by atoms with Gasteiger partial charge in [0.15, 0.2) is 0 Å². The van der Waals surface area contributed by atoms with Crippen molar-refractivity contribution < 1.29 is 9.47 Å². The molecule has 120 valence electrons. The molecule has 2 aromatic rings. The zero-order valence-corrected chi connectivity index (χ0v) is 14.5. The van der Waals surface area contributed by atoms with Gasteiger partial charge in [-0.1, -0.05) is 35.4 Å². The largest absolute Gasteiger partial charge is 0.481 e. The quantitative estimate of drug-likeness (QED) is 0.655. The summed E-state index contributed by atoms with van der Waals surface area (Å²) in [6.07, 6.45) is 0. The summed E-state index contributed by atoms with van der Waals surface area (Å²) in [5.74, 6) is 0.763. The van der Waals surface area contributed by atoms with Gasteiger partial charge in [-0.05, 0) is 12.1 Å². The molecule has 0 aliphatic rings. The number of aromatic nitrogens is 2. The lowest BCUT2D eigenvalue weighted by Crippen LogP contribution is -2.09. The van der Waals surface area contributed by atoms with Gasteiger partial charge in [0.2, 0.25) is 11.8 Å².